The van der Waals surface area contributed by atoms with Gasteiger partial charge in [0.25, 0.3) is 5.91 Å². The molecule has 0 aliphatic heterocycles. The Morgan fingerprint density at radius 3 is 2.94 bits per heavy atom. The molecule has 4 nitrogen and oxygen atoms in total. The molecule has 0 saturated heterocycles. The van der Waals surface area contributed by atoms with Crippen molar-refractivity contribution in [1.29, 1.82) is 0 Å². The summed E-state index contributed by atoms with van der Waals surface area (Å²) in [4.78, 5) is 15.9. The number of carbonyl (C=O) groups is 1. The zero-order valence-corrected chi connectivity index (χ0v) is 10.4. The van der Waals surface area contributed by atoms with Crippen molar-refractivity contribution >= 4 is 17.2 Å². The quantitative estimate of drug-likeness (QED) is 0.895. The fraction of sp³-hybridized carbons (Fsp3) is 0.167. The van der Waals surface area contributed by atoms with Crippen LogP contribution in [0.5, 0.6) is 5.75 Å². The molecular weight excluding hydrogens is 255 g/mol. The number of phenols is 1. The van der Waals surface area contributed by atoms with Crippen LogP contribution >= 0.6 is 11.3 Å². The Morgan fingerprint density at radius 1 is 1.56 bits per heavy atom. The minimum Gasteiger partial charge on any atom is -0.508 e. The van der Waals surface area contributed by atoms with Gasteiger partial charge in [-0.2, -0.15) is 0 Å². The average Bonchev–Trinajstić information content (AvgIpc) is 2.72. The molecule has 0 radical (unpaired) electrons. The summed E-state index contributed by atoms with van der Waals surface area (Å²) in [5.74, 6) is -1.48. The molecular formula is C12H11FN2O2S. The number of phenolic OH excluding ortho intramolecular Hbond substituents is 1. The predicted molar refractivity (Wildman–Crippen MR) is 66.1 cm³/mol. The minimum atomic E-state index is -0.747. The van der Waals surface area contributed by atoms with Gasteiger partial charge in [-0.3, -0.25) is 4.79 Å². The van der Waals surface area contributed by atoms with E-state index in [2.05, 4.69) is 10.3 Å². The maximum atomic E-state index is 13.4. The highest BCUT2D eigenvalue weighted by atomic mass is 32.1. The van der Waals surface area contributed by atoms with Gasteiger partial charge in [-0.1, -0.05) is 0 Å². The topological polar surface area (TPSA) is 62.2 Å². The van der Waals surface area contributed by atoms with E-state index in [1.807, 2.05) is 12.3 Å². The number of rotatable bonds is 3. The highest BCUT2D eigenvalue weighted by Gasteiger charge is 2.12. The van der Waals surface area contributed by atoms with Crippen LogP contribution in [-0.2, 0) is 6.54 Å². The molecule has 2 rings (SSSR count). The first kappa shape index (κ1) is 12.5. The summed E-state index contributed by atoms with van der Waals surface area (Å²) in [7, 11) is 0. The molecule has 0 spiro atoms. The molecule has 94 valence electrons. The van der Waals surface area contributed by atoms with Gasteiger partial charge >= 0.3 is 0 Å². The van der Waals surface area contributed by atoms with Crippen LogP contribution in [0, 0.1) is 12.7 Å². The van der Waals surface area contributed by atoms with Gasteiger partial charge in [-0.15, -0.1) is 11.3 Å². The molecule has 0 aliphatic rings. The molecule has 1 heterocycles. The molecule has 0 unspecified atom stereocenters. The second kappa shape index (κ2) is 5.14. The van der Waals surface area contributed by atoms with E-state index in [4.69, 9.17) is 5.11 Å². The van der Waals surface area contributed by atoms with Gasteiger partial charge < -0.3 is 10.4 Å². The van der Waals surface area contributed by atoms with E-state index in [0.29, 0.717) is 0 Å². The number of nitrogens with one attached hydrogen (secondary N) is 1. The van der Waals surface area contributed by atoms with Crippen molar-refractivity contribution in [2.45, 2.75) is 13.5 Å². The van der Waals surface area contributed by atoms with Gasteiger partial charge in [-0.25, -0.2) is 9.37 Å². The van der Waals surface area contributed by atoms with Crippen LogP contribution < -0.4 is 5.32 Å². The molecule has 0 atom stereocenters. The smallest absolute Gasteiger partial charge is 0.254 e. The normalized spacial score (nSPS) is 10.3. The van der Waals surface area contributed by atoms with Crippen molar-refractivity contribution in [3.05, 3.63) is 45.7 Å². The first-order valence-corrected chi connectivity index (χ1v) is 6.12. The van der Waals surface area contributed by atoms with Crippen molar-refractivity contribution in [1.82, 2.24) is 10.3 Å². The maximum Gasteiger partial charge on any atom is 0.254 e. The summed E-state index contributed by atoms with van der Waals surface area (Å²) in [6.07, 6.45) is 0. The highest BCUT2D eigenvalue weighted by molar-refractivity contribution is 7.09. The Labute approximate surface area is 107 Å². The molecule has 1 aromatic heterocycles. The second-order valence-electron chi connectivity index (χ2n) is 3.73. The van der Waals surface area contributed by atoms with Gasteiger partial charge in [0.1, 0.15) is 16.6 Å². The Hall–Kier alpha value is -1.95. The molecule has 0 fully saturated rings. The molecule has 1 amide bonds. The van der Waals surface area contributed by atoms with E-state index in [0.717, 1.165) is 16.8 Å². The van der Waals surface area contributed by atoms with E-state index in [1.54, 1.807) is 0 Å². The number of aromatic hydroxyl groups is 1. The number of nitrogens with zero attached hydrogens (tertiary/aromatic N) is 1. The van der Waals surface area contributed by atoms with Gasteiger partial charge in [0.2, 0.25) is 0 Å². The molecule has 2 aromatic rings. The SMILES string of the molecule is Cc1csc(CNC(=O)c2ccc(O)cc2F)n1. The van der Waals surface area contributed by atoms with Gasteiger partial charge in [0.05, 0.1) is 12.1 Å². The molecule has 2 N–H and O–H groups in total. The zero-order valence-electron chi connectivity index (χ0n) is 9.61. The van der Waals surface area contributed by atoms with Crippen molar-refractivity contribution in [3.8, 4) is 5.75 Å². The first-order chi connectivity index (χ1) is 8.56. The van der Waals surface area contributed by atoms with Crippen molar-refractivity contribution in [2.75, 3.05) is 0 Å². The van der Waals surface area contributed by atoms with Gasteiger partial charge in [-0.05, 0) is 19.1 Å². The summed E-state index contributed by atoms with van der Waals surface area (Å²) in [6, 6.07) is 3.42. The summed E-state index contributed by atoms with van der Waals surface area (Å²) < 4.78 is 13.4. The fourth-order valence-electron chi connectivity index (χ4n) is 1.42. The predicted octanol–water partition coefficient (Wildman–Crippen LogP) is 2.23. The number of aromatic nitrogens is 1. The molecule has 1 aromatic carbocycles. The van der Waals surface area contributed by atoms with E-state index >= 15 is 0 Å². The lowest BCUT2D eigenvalue weighted by molar-refractivity contribution is 0.0947. The van der Waals surface area contributed by atoms with Crippen molar-refractivity contribution < 1.29 is 14.3 Å². The van der Waals surface area contributed by atoms with Crippen LogP contribution in [0.25, 0.3) is 0 Å². The lowest BCUT2D eigenvalue weighted by atomic mass is 10.2. The van der Waals surface area contributed by atoms with Crippen molar-refractivity contribution in [3.63, 3.8) is 0 Å². The number of aryl methyl sites for hydroxylation is 1. The average molecular weight is 266 g/mol. The summed E-state index contributed by atoms with van der Waals surface area (Å²) in [5, 5.41) is 14.3. The van der Waals surface area contributed by atoms with E-state index in [1.165, 1.54) is 23.5 Å². The Morgan fingerprint density at radius 2 is 2.33 bits per heavy atom. The standard InChI is InChI=1S/C12H11FN2O2S/c1-7-6-18-11(15-7)5-14-12(17)9-3-2-8(16)4-10(9)13/h2-4,6,16H,5H2,1H3,(H,14,17). The third kappa shape index (κ3) is 2.84. The van der Waals surface area contributed by atoms with Gasteiger partial charge in [0, 0.05) is 17.1 Å². The van der Waals surface area contributed by atoms with Crippen LogP contribution in [0.3, 0.4) is 0 Å². The van der Waals surface area contributed by atoms with Crippen LogP contribution in [0.2, 0.25) is 0 Å². The lowest BCUT2D eigenvalue weighted by Crippen LogP contribution is -2.23. The number of halogens is 1. The lowest BCUT2D eigenvalue weighted by Gasteiger charge is -2.04. The van der Waals surface area contributed by atoms with Crippen LogP contribution in [0.4, 0.5) is 4.39 Å². The van der Waals surface area contributed by atoms with E-state index in [-0.39, 0.29) is 17.9 Å². The first-order valence-electron chi connectivity index (χ1n) is 5.24. The number of hydrogen-bond donors (Lipinski definition) is 2. The summed E-state index contributed by atoms with van der Waals surface area (Å²) in [6.45, 7) is 2.12. The number of hydrogen-bond acceptors (Lipinski definition) is 4. The van der Waals surface area contributed by atoms with Crippen molar-refractivity contribution in [2.24, 2.45) is 0 Å². The third-order valence-electron chi connectivity index (χ3n) is 2.26. The number of amides is 1. The Balaban J connectivity index is 2.03. The van der Waals surface area contributed by atoms with Crippen LogP contribution in [-0.4, -0.2) is 16.0 Å². The highest BCUT2D eigenvalue weighted by Crippen LogP contribution is 2.15. The Kier molecular flexibility index (Phi) is 3.57. The van der Waals surface area contributed by atoms with E-state index < -0.39 is 11.7 Å². The molecule has 0 aliphatic carbocycles. The zero-order chi connectivity index (χ0) is 13.1. The summed E-state index contributed by atoms with van der Waals surface area (Å²) in [5.41, 5.74) is 0.793. The number of carbonyl (C=O) groups excluding carboxylic acids is 1. The van der Waals surface area contributed by atoms with Gasteiger partial charge in [0.15, 0.2) is 0 Å². The Bertz CT molecular complexity index is 583. The number of thiazole rings is 1. The van der Waals surface area contributed by atoms with Crippen LogP contribution in [0.15, 0.2) is 23.6 Å². The monoisotopic (exact) mass is 266 g/mol. The molecule has 18 heavy (non-hydrogen) atoms. The minimum absolute atomic E-state index is 0.0962. The largest absolute Gasteiger partial charge is 0.508 e. The van der Waals surface area contributed by atoms with Crippen LogP contribution in [0.1, 0.15) is 21.1 Å². The summed E-state index contributed by atoms with van der Waals surface area (Å²) >= 11 is 1.43. The van der Waals surface area contributed by atoms with E-state index in [9.17, 15) is 9.18 Å². The third-order valence-corrected chi connectivity index (χ3v) is 3.23. The molecule has 6 heteroatoms. The molecule has 0 bridgehead atoms. The molecule has 0 saturated carbocycles. The maximum absolute atomic E-state index is 13.4. The number of benzene rings is 1. The fourth-order valence-corrected chi connectivity index (χ4v) is 2.13. The second-order valence-corrected chi connectivity index (χ2v) is 4.67.